The van der Waals surface area contributed by atoms with Crippen LogP contribution in [-0.2, 0) is 6.54 Å². The van der Waals surface area contributed by atoms with Crippen molar-refractivity contribution in [2.24, 2.45) is 0 Å². The second kappa shape index (κ2) is 7.11. The number of ether oxygens (including phenoxy) is 2. The van der Waals surface area contributed by atoms with E-state index in [0.29, 0.717) is 28.3 Å². The number of methoxy groups -OCH3 is 2. The highest BCUT2D eigenvalue weighted by molar-refractivity contribution is 7.20. The molecule has 130 valence electrons. The van der Waals surface area contributed by atoms with Gasteiger partial charge >= 0.3 is 0 Å². The summed E-state index contributed by atoms with van der Waals surface area (Å²) in [7, 11) is 4.88. The SMILES string of the molecule is COc1ccc(CN(C)C(=O)c2cc3c(F)cccc3s2)c(OC)c1. The van der Waals surface area contributed by atoms with Crippen LogP contribution in [0.1, 0.15) is 15.2 Å². The predicted octanol–water partition coefficient (Wildman–Crippen LogP) is 4.33. The molecule has 0 fully saturated rings. The van der Waals surface area contributed by atoms with E-state index in [2.05, 4.69) is 0 Å². The average molecular weight is 359 g/mol. The predicted molar refractivity (Wildman–Crippen MR) is 97.1 cm³/mol. The number of halogens is 1. The molecule has 6 heteroatoms. The van der Waals surface area contributed by atoms with Crippen molar-refractivity contribution in [3.05, 3.63) is 58.7 Å². The fraction of sp³-hybridized carbons (Fsp3) is 0.211. The third-order valence-corrected chi connectivity index (χ3v) is 5.06. The van der Waals surface area contributed by atoms with Crippen LogP contribution in [0, 0.1) is 5.82 Å². The molecule has 25 heavy (non-hydrogen) atoms. The molecule has 0 unspecified atom stereocenters. The minimum Gasteiger partial charge on any atom is -0.497 e. The number of hydrogen-bond donors (Lipinski definition) is 0. The lowest BCUT2D eigenvalue weighted by Crippen LogP contribution is -2.25. The van der Waals surface area contributed by atoms with Crippen molar-refractivity contribution in [2.45, 2.75) is 6.54 Å². The second-order valence-electron chi connectivity index (χ2n) is 5.60. The number of amides is 1. The van der Waals surface area contributed by atoms with E-state index >= 15 is 0 Å². The molecule has 1 aromatic heterocycles. The summed E-state index contributed by atoms with van der Waals surface area (Å²) in [6.07, 6.45) is 0. The first-order valence-corrected chi connectivity index (χ1v) is 8.49. The third-order valence-electron chi connectivity index (χ3n) is 3.97. The Morgan fingerprint density at radius 3 is 2.64 bits per heavy atom. The lowest BCUT2D eigenvalue weighted by atomic mass is 10.1. The van der Waals surface area contributed by atoms with Gasteiger partial charge in [-0.25, -0.2) is 4.39 Å². The number of benzene rings is 2. The molecule has 1 amide bonds. The van der Waals surface area contributed by atoms with Crippen molar-refractivity contribution in [3.8, 4) is 11.5 Å². The smallest absolute Gasteiger partial charge is 0.264 e. The van der Waals surface area contributed by atoms with Crippen molar-refractivity contribution in [1.29, 1.82) is 0 Å². The van der Waals surface area contributed by atoms with E-state index in [4.69, 9.17) is 9.47 Å². The van der Waals surface area contributed by atoms with Gasteiger partial charge in [0.2, 0.25) is 0 Å². The molecule has 0 aliphatic rings. The normalized spacial score (nSPS) is 10.7. The summed E-state index contributed by atoms with van der Waals surface area (Å²) >= 11 is 1.29. The van der Waals surface area contributed by atoms with Crippen LogP contribution in [0.4, 0.5) is 4.39 Å². The molecule has 0 bridgehead atoms. The van der Waals surface area contributed by atoms with Crippen LogP contribution in [0.2, 0.25) is 0 Å². The van der Waals surface area contributed by atoms with E-state index in [9.17, 15) is 9.18 Å². The number of rotatable bonds is 5. The first-order chi connectivity index (χ1) is 12.0. The number of fused-ring (bicyclic) bond motifs is 1. The third kappa shape index (κ3) is 3.44. The van der Waals surface area contributed by atoms with E-state index in [1.165, 1.54) is 17.4 Å². The molecule has 4 nitrogen and oxygen atoms in total. The first-order valence-electron chi connectivity index (χ1n) is 7.68. The maximum atomic E-state index is 13.8. The molecule has 0 radical (unpaired) electrons. The number of nitrogens with zero attached hydrogens (tertiary/aromatic N) is 1. The van der Waals surface area contributed by atoms with E-state index in [-0.39, 0.29) is 11.7 Å². The minimum atomic E-state index is -0.313. The Bertz CT molecular complexity index is 922. The molecule has 3 aromatic rings. The van der Waals surface area contributed by atoms with E-state index in [1.54, 1.807) is 44.4 Å². The van der Waals surface area contributed by atoms with Crippen LogP contribution < -0.4 is 9.47 Å². The van der Waals surface area contributed by atoms with E-state index in [0.717, 1.165) is 10.3 Å². The first kappa shape index (κ1) is 17.2. The van der Waals surface area contributed by atoms with Crippen molar-refractivity contribution < 1.29 is 18.7 Å². The van der Waals surface area contributed by atoms with Gasteiger partial charge in [0, 0.05) is 35.3 Å². The largest absolute Gasteiger partial charge is 0.497 e. The van der Waals surface area contributed by atoms with Gasteiger partial charge in [-0.15, -0.1) is 11.3 Å². The Hall–Kier alpha value is -2.60. The Morgan fingerprint density at radius 1 is 1.16 bits per heavy atom. The van der Waals surface area contributed by atoms with Crippen molar-refractivity contribution in [2.75, 3.05) is 21.3 Å². The van der Waals surface area contributed by atoms with Crippen molar-refractivity contribution in [3.63, 3.8) is 0 Å². The zero-order valence-corrected chi connectivity index (χ0v) is 15.0. The lowest BCUT2D eigenvalue weighted by molar-refractivity contribution is 0.0789. The van der Waals surface area contributed by atoms with Crippen molar-refractivity contribution >= 4 is 27.3 Å². The summed E-state index contributed by atoms with van der Waals surface area (Å²) in [5.74, 6) is 0.877. The van der Waals surface area contributed by atoms with Gasteiger partial charge in [0.25, 0.3) is 5.91 Å². The fourth-order valence-corrected chi connectivity index (χ4v) is 3.70. The monoisotopic (exact) mass is 359 g/mol. The van der Waals surface area contributed by atoms with Gasteiger partial charge in [0.1, 0.15) is 17.3 Å². The van der Waals surface area contributed by atoms with Crippen LogP contribution in [0.5, 0.6) is 11.5 Å². The maximum absolute atomic E-state index is 13.8. The highest BCUT2D eigenvalue weighted by atomic mass is 32.1. The van der Waals surface area contributed by atoms with Crippen LogP contribution in [-0.4, -0.2) is 32.1 Å². The molecule has 0 aliphatic heterocycles. The van der Waals surface area contributed by atoms with Crippen LogP contribution in [0.3, 0.4) is 0 Å². The molecule has 0 saturated carbocycles. The summed E-state index contributed by atoms with van der Waals surface area (Å²) in [6, 6.07) is 11.9. The van der Waals surface area contributed by atoms with Crippen LogP contribution >= 0.6 is 11.3 Å². The van der Waals surface area contributed by atoms with Gasteiger partial charge in [-0.1, -0.05) is 6.07 Å². The Morgan fingerprint density at radius 2 is 1.96 bits per heavy atom. The summed E-state index contributed by atoms with van der Waals surface area (Å²) in [5, 5.41) is 0.478. The topological polar surface area (TPSA) is 38.8 Å². The molecular formula is C19H18FNO3S. The molecule has 0 aliphatic carbocycles. The van der Waals surface area contributed by atoms with Gasteiger partial charge in [0.05, 0.1) is 19.1 Å². The molecule has 2 aromatic carbocycles. The zero-order valence-electron chi connectivity index (χ0n) is 14.2. The van der Waals surface area contributed by atoms with E-state index in [1.807, 2.05) is 18.2 Å². The summed E-state index contributed by atoms with van der Waals surface area (Å²) in [5.41, 5.74) is 0.867. The van der Waals surface area contributed by atoms with Crippen LogP contribution in [0.25, 0.3) is 10.1 Å². The van der Waals surface area contributed by atoms with Gasteiger partial charge in [-0.2, -0.15) is 0 Å². The van der Waals surface area contributed by atoms with Crippen molar-refractivity contribution in [1.82, 2.24) is 4.90 Å². The highest BCUT2D eigenvalue weighted by Gasteiger charge is 2.18. The Balaban J connectivity index is 1.83. The summed E-state index contributed by atoms with van der Waals surface area (Å²) in [4.78, 5) is 14.8. The maximum Gasteiger partial charge on any atom is 0.264 e. The second-order valence-corrected chi connectivity index (χ2v) is 6.69. The van der Waals surface area contributed by atoms with Gasteiger partial charge in [-0.05, 0) is 30.3 Å². The Labute approximate surface area is 149 Å². The lowest BCUT2D eigenvalue weighted by Gasteiger charge is -2.18. The zero-order chi connectivity index (χ0) is 18.0. The number of thiophene rings is 1. The molecule has 3 rings (SSSR count). The molecule has 0 atom stereocenters. The summed E-state index contributed by atoms with van der Waals surface area (Å²) in [6.45, 7) is 0.378. The fourth-order valence-electron chi connectivity index (χ4n) is 2.63. The average Bonchev–Trinajstić information content (AvgIpc) is 3.07. The van der Waals surface area contributed by atoms with Gasteiger partial charge < -0.3 is 14.4 Å². The number of carbonyl (C=O) groups excluding carboxylic acids is 1. The minimum absolute atomic E-state index is 0.154. The standard InChI is InChI=1S/C19H18FNO3S/c1-21(11-12-7-8-13(23-2)9-16(12)24-3)19(22)18-10-14-15(20)5-4-6-17(14)25-18/h4-10H,11H2,1-3H3. The Kier molecular flexibility index (Phi) is 4.90. The molecular weight excluding hydrogens is 341 g/mol. The highest BCUT2D eigenvalue weighted by Crippen LogP contribution is 2.30. The molecule has 0 N–H and O–H groups in total. The number of carbonyl (C=O) groups is 1. The molecule has 0 spiro atoms. The quantitative estimate of drug-likeness (QED) is 0.681. The molecule has 1 heterocycles. The van der Waals surface area contributed by atoms with Crippen LogP contribution in [0.15, 0.2) is 42.5 Å². The van der Waals surface area contributed by atoms with E-state index < -0.39 is 0 Å². The van der Waals surface area contributed by atoms with Gasteiger partial charge in [-0.3, -0.25) is 4.79 Å². The van der Waals surface area contributed by atoms with Gasteiger partial charge in [0.15, 0.2) is 0 Å². The summed E-state index contributed by atoms with van der Waals surface area (Å²) < 4.78 is 25.2. The molecule has 0 saturated heterocycles. The number of hydrogen-bond acceptors (Lipinski definition) is 4.